The van der Waals surface area contributed by atoms with Gasteiger partial charge in [0.05, 0.1) is 5.69 Å². The number of aromatic amines is 1. The maximum absolute atomic E-state index is 14.5. The first-order valence-electron chi connectivity index (χ1n) is 16.9. The van der Waals surface area contributed by atoms with Gasteiger partial charge in [-0.05, 0) is 64.1 Å². The zero-order valence-corrected chi connectivity index (χ0v) is 27.1. The number of aromatic nitrogens is 8. The molecule has 0 aliphatic heterocycles. The number of fused-ring (bicyclic) bond motifs is 1. The maximum atomic E-state index is 14.5. The van der Waals surface area contributed by atoms with Gasteiger partial charge in [0, 0.05) is 24.6 Å². The van der Waals surface area contributed by atoms with Gasteiger partial charge in [0.15, 0.2) is 17.0 Å². The van der Waals surface area contributed by atoms with E-state index in [0.29, 0.717) is 35.6 Å². The van der Waals surface area contributed by atoms with Crippen molar-refractivity contribution >= 4 is 11.2 Å². The molecule has 4 aromatic carbocycles. The normalized spacial score (nSPS) is 13.6. The molecule has 1 saturated carbocycles. The first-order chi connectivity index (χ1) is 24.2. The van der Waals surface area contributed by atoms with E-state index >= 15 is 0 Å². The quantitative estimate of drug-likeness (QED) is 0.190. The molecule has 0 saturated heterocycles. The zero-order valence-electron chi connectivity index (χ0n) is 27.1. The van der Waals surface area contributed by atoms with E-state index in [0.717, 1.165) is 59.3 Å². The summed E-state index contributed by atoms with van der Waals surface area (Å²) in [7, 11) is 0. The largest absolute Gasteiger partial charge is 0.337 e. The average Bonchev–Trinajstić information content (AvgIpc) is 3.83. The fourth-order valence-electron chi connectivity index (χ4n) is 7.16. The van der Waals surface area contributed by atoms with Gasteiger partial charge in [-0.1, -0.05) is 116 Å². The molecule has 8 rings (SSSR count). The van der Waals surface area contributed by atoms with Gasteiger partial charge in [0.1, 0.15) is 5.82 Å². The lowest BCUT2D eigenvalue weighted by atomic mass is 9.88. The lowest BCUT2D eigenvalue weighted by Gasteiger charge is -2.22. The van der Waals surface area contributed by atoms with Crippen LogP contribution in [-0.2, 0) is 19.5 Å². The van der Waals surface area contributed by atoms with Crippen molar-refractivity contribution in [2.45, 2.75) is 57.5 Å². The van der Waals surface area contributed by atoms with E-state index in [1.54, 1.807) is 4.57 Å². The number of para-hydroxylation sites is 1. The number of hydrogen-bond donors (Lipinski definition) is 1. The predicted octanol–water partition coefficient (Wildman–Crippen LogP) is 6.53. The summed E-state index contributed by atoms with van der Waals surface area (Å²) in [6.07, 6.45) is 6.02. The van der Waals surface area contributed by atoms with E-state index in [1.807, 2.05) is 78.9 Å². The Balaban J connectivity index is 1.26. The van der Waals surface area contributed by atoms with Gasteiger partial charge in [0.2, 0.25) is 0 Å². The molecule has 1 N–H and O–H groups in total. The predicted molar refractivity (Wildman–Crippen MR) is 190 cm³/mol. The first-order valence-corrected chi connectivity index (χ1v) is 16.9. The minimum Gasteiger partial charge on any atom is -0.317 e. The molecule has 1 aliphatic rings. The van der Waals surface area contributed by atoms with Crippen LogP contribution >= 0.6 is 0 Å². The third-order valence-electron chi connectivity index (χ3n) is 9.65. The van der Waals surface area contributed by atoms with Gasteiger partial charge < -0.3 is 4.57 Å². The average molecular weight is 649 g/mol. The molecule has 0 bridgehead atoms. The van der Waals surface area contributed by atoms with Crippen molar-refractivity contribution in [1.82, 2.24) is 39.3 Å². The monoisotopic (exact) mass is 648 g/mol. The van der Waals surface area contributed by atoms with E-state index in [4.69, 9.17) is 4.98 Å². The second-order valence-corrected chi connectivity index (χ2v) is 12.7. The Bertz CT molecular complexity index is 2320. The van der Waals surface area contributed by atoms with Crippen LogP contribution in [0, 0.1) is 0 Å². The molecular weight excluding hydrogens is 612 g/mol. The Morgan fingerprint density at radius 2 is 1.41 bits per heavy atom. The highest BCUT2D eigenvalue weighted by Crippen LogP contribution is 2.35. The van der Waals surface area contributed by atoms with Crippen LogP contribution in [-0.4, -0.2) is 39.3 Å². The molecule has 1 aliphatic carbocycles. The number of nitrogens with one attached hydrogen (secondary N) is 1. The van der Waals surface area contributed by atoms with Gasteiger partial charge in [0.25, 0.3) is 5.56 Å². The van der Waals surface area contributed by atoms with Crippen molar-refractivity contribution in [2.24, 2.45) is 0 Å². The molecular formula is C39H36N8O2. The Kier molecular flexibility index (Phi) is 8.27. The van der Waals surface area contributed by atoms with Crippen LogP contribution in [0.25, 0.3) is 39.4 Å². The molecule has 1 fully saturated rings. The van der Waals surface area contributed by atoms with E-state index in [-0.39, 0.29) is 23.7 Å². The third-order valence-corrected chi connectivity index (χ3v) is 9.65. The van der Waals surface area contributed by atoms with Crippen LogP contribution in [0.3, 0.4) is 0 Å². The highest BCUT2D eigenvalue weighted by molar-refractivity contribution is 5.80. The molecule has 0 amide bonds. The van der Waals surface area contributed by atoms with E-state index in [1.165, 1.54) is 11.0 Å². The van der Waals surface area contributed by atoms with Gasteiger partial charge in [-0.2, -0.15) is 0 Å². The summed E-state index contributed by atoms with van der Waals surface area (Å²) in [6.45, 7) is 0.723. The maximum Gasteiger partial charge on any atom is 0.337 e. The van der Waals surface area contributed by atoms with Crippen LogP contribution in [0.2, 0.25) is 0 Å². The molecule has 244 valence electrons. The van der Waals surface area contributed by atoms with E-state index < -0.39 is 0 Å². The number of hydrogen-bond acceptors (Lipinski definition) is 6. The lowest BCUT2D eigenvalue weighted by molar-refractivity contribution is 0.420. The van der Waals surface area contributed by atoms with Crippen LogP contribution in [0.5, 0.6) is 0 Å². The Morgan fingerprint density at radius 1 is 0.714 bits per heavy atom. The van der Waals surface area contributed by atoms with Crippen LogP contribution < -0.4 is 11.2 Å². The van der Waals surface area contributed by atoms with E-state index in [2.05, 4.69) is 55.5 Å². The van der Waals surface area contributed by atoms with Gasteiger partial charge in [-0.3, -0.25) is 9.36 Å². The van der Waals surface area contributed by atoms with Crippen molar-refractivity contribution < 1.29 is 0 Å². The molecule has 10 heteroatoms. The number of imidazole rings is 1. The summed E-state index contributed by atoms with van der Waals surface area (Å²) in [4.78, 5) is 33.9. The van der Waals surface area contributed by atoms with Gasteiger partial charge in [-0.15, -0.1) is 5.10 Å². The summed E-state index contributed by atoms with van der Waals surface area (Å²) in [5.41, 5.74) is 5.95. The number of benzene rings is 4. The second-order valence-electron chi connectivity index (χ2n) is 12.7. The molecule has 0 atom stereocenters. The number of nitrogens with zero attached hydrogens (tertiary/aromatic N) is 7. The van der Waals surface area contributed by atoms with Gasteiger partial charge in [-0.25, -0.2) is 19.4 Å². The fourth-order valence-corrected chi connectivity index (χ4v) is 7.16. The molecule has 49 heavy (non-hydrogen) atoms. The summed E-state index contributed by atoms with van der Waals surface area (Å²) in [6, 6.07) is 35.9. The van der Waals surface area contributed by atoms with Crippen molar-refractivity contribution in [3.63, 3.8) is 0 Å². The van der Waals surface area contributed by atoms with Gasteiger partial charge >= 0.3 is 5.69 Å². The van der Waals surface area contributed by atoms with Crippen molar-refractivity contribution in [3.8, 4) is 28.2 Å². The summed E-state index contributed by atoms with van der Waals surface area (Å²) >= 11 is 0. The number of tetrazole rings is 1. The Hall–Kier alpha value is -5.90. The molecule has 0 spiro atoms. The highest BCUT2D eigenvalue weighted by atomic mass is 16.2. The molecule has 3 aromatic heterocycles. The van der Waals surface area contributed by atoms with Crippen LogP contribution in [0.4, 0.5) is 0 Å². The summed E-state index contributed by atoms with van der Waals surface area (Å²) in [5.74, 6) is 1.69. The Labute approximate surface area is 282 Å². The minimum atomic E-state index is -0.371. The zero-order chi connectivity index (χ0) is 33.2. The molecule has 0 radical (unpaired) electrons. The lowest BCUT2D eigenvalue weighted by Crippen LogP contribution is -2.40. The number of rotatable bonds is 9. The number of aryl methyl sites for hydroxylation is 1. The van der Waals surface area contributed by atoms with Crippen molar-refractivity contribution in [2.75, 3.05) is 0 Å². The smallest absolute Gasteiger partial charge is 0.317 e. The first kappa shape index (κ1) is 30.4. The standard InChI is InChI=1S/C39H36N8O2/c48-38-34-37(47(31-16-8-3-9-17-31)39(49)45(38)25-24-27-12-4-1-5-13-27)40-36(30-14-6-2-7-15-30)46(34)26-28-20-22-29(23-21-28)32-18-10-11-19-33(32)35-41-43-44-42-35/h1,3-5,8-13,16-23,30H,2,6-7,14-15,24-26H2,(H,41,42,43,44). The molecule has 0 unspecified atom stereocenters. The minimum absolute atomic E-state index is 0.208. The molecule has 7 aromatic rings. The topological polar surface area (TPSA) is 116 Å². The van der Waals surface area contributed by atoms with Crippen molar-refractivity contribution in [3.05, 3.63) is 147 Å². The van der Waals surface area contributed by atoms with E-state index in [9.17, 15) is 9.59 Å². The molecule has 10 nitrogen and oxygen atoms in total. The SMILES string of the molecule is O=c1c2c(nc(C3CCCCC3)n2Cc2ccc(-c3ccccc3-c3nnn[nH]3)cc2)n(-c2ccccc2)c(=O)n1CCc1ccccc1. The summed E-state index contributed by atoms with van der Waals surface area (Å²) < 4.78 is 5.11. The third kappa shape index (κ3) is 5.90. The second kappa shape index (κ2) is 13.3. The van der Waals surface area contributed by atoms with Crippen LogP contribution in [0.1, 0.15) is 55.0 Å². The Morgan fingerprint density at radius 3 is 2.12 bits per heavy atom. The highest BCUT2D eigenvalue weighted by Gasteiger charge is 2.28. The fraction of sp³-hybridized carbons (Fsp3) is 0.231. The number of H-pyrrole nitrogens is 1. The van der Waals surface area contributed by atoms with Crippen LogP contribution in [0.15, 0.2) is 119 Å². The molecule has 3 heterocycles. The summed E-state index contributed by atoms with van der Waals surface area (Å²) in [5, 5.41) is 14.5. The van der Waals surface area contributed by atoms with Crippen molar-refractivity contribution in [1.29, 1.82) is 0 Å².